The van der Waals surface area contributed by atoms with Gasteiger partial charge in [-0.15, -0.1) is 0 Å². The van der Waals surface area contributed by atoms with Crippen molar-refractivity contribution in [2.24, 2.45) is 7.05 Å². The highest BCUT2D eigenvalue weighted by atomic mass is 16.5. The number of aromatic nitrogens is 1. The number of aryl methyl sites for hydroxylation is 1. The number of benzene rings is 1. The summed E-state index contributed by atoms with van der Waals surface area (Å²) in [6, 6.07) is 8.05. The summed E-state index contributed by atoms with van der Waals surface area (Å²) in [5, 5.41) is 3.44. The van der Waals surface area contributed by atoms with Crippen LogP contribution in [-0.2, 0) is 11.8 Å². The Balaban J connectivity index is 2.18. The van der Waals surface area contributed by atoms with Gasteiger partial charge < -0.3 is 20.4 Å². The molecular formula is C15H21N3O. The first kappa shape index (κ1) is 13.5. The van der Waals surface area contributed by atoms with Crippen molar-refractivity contribution in [3.05, 3.63) is 36.7 Å². The van der Waals surface area contributed by atoms with E-state index in [-0.39, 0.29) is 0 Å². The molecule has 0 saturated carbocycles. The maximum atomic E-state index is 5.89. The number of nitrogens with one attached hydrogen (secondary N) is 1. The van der Waals surface area contributed by atoms with Gasteiger partial charge in [0.15, 0.2) is 0 Å². The summed E-state index contributed by atoms with van der Waals surface area (Å²) in [4.78, 5) is 0. The lowest BCUT2D eigenvalue weighted by Crippen LogP contribution is -2.05. The van der Waals surface area contributed by atoms with Gasteiger partial charge in [-0.05, 0) is 30.7 Å². The number of hydrogen-bond acceptors (Lipinski definition) is 3. The molecule has 0 fully saturated rings. The van der Waals surface area contributed by atoms with Gasteiger partial charge in [0.1, 0.15) is 0 Å². The first-order chi connectivity index (χ1) is 9.20. The lowest BCUT2D eigenvalue weighted by atomic mass is 10.1. The Morgan fingerprint density at radius 3 is 2.84 bits per heavy atom. The monoisotopic (exact) mass is 259 g/mol. The highest BCUT2D eigenvalue weighted by molar-refractivity contribution is 5.80. The molecule has 0 amide bonds. The second-order valence-electron chi connectivity index (χ2n) is 4.64. The lowest BCUT2D eigenvalue weighted by Gasteiger charge is -2.12. The molecule has 102 valence electrons. The third-order valence-corrected chi connectivity index (χ3v) is 3.03. The van der Waals surface area contributed by atoms with E-state index < -0.39 is 0 Å². The molecule has 0 aliphatic rings. The molecule has 0 atom stereocenters. The van der Waals surface area contributed by atoms with Crippen molar-refractivity contribution in [1.82, 2.24) is 4.57 Å². The maximum Gasteiger partial charge on any atom is 0.0479 e. The molecule has 0 spiro atoms. The fourth-order valence-electron chi connectivity index (χ4n) is 2.06. The van der Waals surface area contributed by atoms with Crippen LogP contribution in [0.15, 0.2) is 36.7 Å². The Bertz CT molecular complexity index is 534. The zero-order chi connectivity index (χ0) is 13.7. The van der Waals surface area contributed by atoms with Crippen LogP contribution in [0, 0.1) is 0 Å². The average molecular weight is 259 g/mol. The van der Waals surface area contributed by atoms with Crippen LogP contribution in [0.5, 0.6) is 0 Å². The molecular weight excluding hydrogens is 238 g/mol. The van der Waals surface area contributed by atoms with Crippen LogP contribution >= 0.6 is 0 Å². The number of nitrogens with zero attached hydrogens (tertiary/aromatic N) is 1. The Hall–Kier alpha value is -1.94. The van der Waals surface area contributed by atoms with E-state index in [0.29, 0.717) is 0 Å². The third-order valence-electron chi connectivity index (χ3n) is 3.03. The average Bonchev–Trinajstić information content (AvgIpc) is 2.82. The quantitative estimate of drug-likeness (QED) is 0.619. The molecule has 0 bridgehead atoms. The highest BCUT2D eigenvalue weighted by Gasteiger charge is 2.06. The van der Waals surface area contributed by atoms with Crippen molar-refractivity contribution in [1.29, 1.82) is 0 Å². The number of nitrogens with two attached hydrogens (primary N) is 1. The molecule has 3 N–H and O–H groups in total. The van der Waals surface area contributed by atoms with Crippen LogP contribution in [0.1, 0.15) is 6.42 Å². The van der Waals surface area contributed by atoms with Gasteiger partial charge >= 0.3 is 0 Å². The first-order valence-electron chi connectivity index (χ1n) is 6.45. The number of hydrogen-bond donors (Lipinski definition) is 2. The lowest BCUT2D eigenvalue weighted by molar-refractivity contribution is 0.198. The Labute approximate surface area is 114 Å². The van der Waals surface area contributed by atoms with Gasteiger partial charge in [-0.1, -0.05) is 0 Å². The van der Waals surface area contributed by atoms with Gasteiger partial charge in [-0.25, -0.2) is 0 Å². The van der Waals surface area contributed by atoms with Crippen LogP contribution in [0.3, 0.4) is 0 Å². The largest absolute Gasteiger partial charge is 0.399 e. The molecule has 1 aromatic carbocycles. The standard InChI is InChI=1S/C15H21N3O/c1-18-8-6-12(11-18)14-10-13(16)4-5-15(14)17-7-3-9-19-2/h4-6,8,10-11,17H,3,7,9,16H2,1-2H3. The molecule has 0 saturated heterocycles. The molecule has 4 nitrogen and oxygen atoms in total. The normalized spacial score (nSPS) is 10.6. The van der Waals surface area contributed by atoms with E-state index in [1.54, 1.807) is 7.11 Å². The summed E-state index contributed by atoms with van der Waals surface area (Å²) in [6.07, 6.45) is 5.11. The molecule has 0 radical (unpaired) electrons. The minimum Gasteiger partial charge on any atom is -0.399 e. The van der Waals surface area contributed by atoms with E-state index in [0.717, 1.165) is 36.5 Å². The molecule has 19 heavy (non-hydrogen) atoms. The third kappa shape index (κ3) is 3.51. The summed E-state index contributed by atoms with van der Waals surface area (Å²) in [5.74, 6) is 0. The van der Waals surface area contributed by atoms with Crippen molar-refractivity contribution >= 4 is 11.4 Å². The summed E-state index contributed by atoms with van der Waals surface area (Å²) in [5.41, 5.74) is 10.1. The number of methoxy groups -OCH3 is 1. The molecule has 2 rings (SSSR count). The van der Waals surface area contributed by atoms with E-state index in [4.69, 9.17) is 10.5 Å². The Morgan fingerprint density at radius 2 is 2.16 bits per heavy atom. The Kier molecular flexibility index (Phi) is 4.47. The minimum absolute atomic E-state index is 0.767. The molecule has 0 aliphatic carbocycles. The van der Waals surface area contributed by atoms with Gasteiger partial charge in [-0.2, -0.15) is 0 Å². The van der Waals surface area contributed by atoms with Gasteiger partial charge in [0.25, 0.3) is 0 Å². The van der Waals surface area contributed by atoms with Crippen LogP contribution in [0.2, 0.25) is 0 Å². The van der Waals surface area contributed by atoms with Gasteiger partial charge in [-0.3, -0.25) is 0 Å². The van der Waals surface area contributed by atoms with Crippen molar-refractivity contribution in [3.8, 4) is 11.1 Å². The summed E-state index contributed by atoms with van der Waals surface area (Å²) in [7, 11) is 3.74. The van der Waals surface area contributed by atoms with Gasteiger partial charge in [0, 0.05) is 62.2 Å². The van der Waals surface area contributed by atoms with E-state index in [1.807, 2.05) is 36.0 Å². The zero-order valence-corrected chi connectivity index (χ0v) is 11.5. The molecule has 2 aromatic rings. The number of rotatable bonds is 6. The van der Waals surface area contributed by atoms with Gasteiger partial charge in [0.05, 0.1) is 0 Å². The second-order valence-corrected chi connectivity index (χ2v) is 4.64. The predicted octanol–water partition coefficient (Wildman–Crippen LogP) is 2.72. The zero-order valence-electron chi connectivity index (χ0n) is 11.5. The topological polar surface area (TPSA) is 52.2 Å². The van der Waals surface area contributed by atoms with Crippen LogP contribution < -0.4 is 11.1 Å². The maximum absolute atomic E-state index is 5.89. The van der Waals surface area contributed by atoms with E-state index >= 15 is 0 Å². The molecule has 0 aliphatic heterocycles. The SMILES string of the molecule is COCCCNc1ccc(N)cc1-c1ccn(C)c1. The summed E-state index contributed by atoms with van der Waals surface area (Å²) in [6.45, 7) is 1.65. The van der Waals surface area contributed by atoms with Gasteiger partial charge in [0.2, 0.25) is 0 Å². The predicted molar refractivity (Wildman–Crippen MR) is 80.2 cm³/mol. The molecule has 4 heteroatoms. The number of ether oxygens (including phenoxy) is 1. The number of nitrogen functional groups attached to an aromatic ring is 1. The highest BCUT2D eigenvalue weighted by Crippen LogP contribution is 2.30. The molecule has 0 unspecified atom stereocenters. The smallest absolute Gasteiger partial charge is 0.0479 e. The minimum atomic E-state index is 0.767. The number of anilines is 2. The van der Waals surface area contributed by atoms with Crippen molar-refractivity contribution < 1.29 is 4.74 Å². The van der Waals surface area contributed by atoms with E-state index in [1.165, 1.54) is 5.56 Å². The van der Waals surface area contributed by atoms with Crippen molar-refractivity contribution in [2.45, 2.75) is 6.42 Å². The molecule has 1 aromatic heterocycles. The Morgan fingerprint density at radius 1 is 1.32 bits per heavy atom. The fourth-order valence-corrected chi connectivity index (χ4v) is 2.06. The van der Waals surface area contributed by atoms with E-state index in [9.17, 15) is 0 Å². The van der Waals surface area contributed by atoms with Crippen LogP contribution in [0.4, 0.5) is 11.4 Å². The van der Waals surface area contributed by atoms with E-state index in [2.05, 4.69) is 17.6 Å². The van der Waals surface area contributed by atoms with Crippen molar-refractivity contribution in [3.63, 3.8) is 0 Å². The fraction of sp³-hybridized carbons (Fsp3) is 0.333. The summed E-state index contributed by atoms with van der Waals surface area (Å²) >= 11 is 0. The van der Waals surface area contributed by atoms with Crippen LogP contribution in [0.25, 0.3) is 11.1 Å². The molecule has 1 heterocycles. The first-order valence-corrected chi connectivity index (χ1v) is 6.45. The summed E-state index contributed by atoms with van der Waals surface area (Å²) < 4.78 is 7.09. The van der Waals surface area contributed by atoms with Crippen molar-refractivity contribution in [2.75, 3.05) is 31.3 Å². The van der Waals surface area contributed by atoms with Crippen LogP contribution in [-0.4, -0.2) is 24.8 Å². The second kappa shape index (κ2) is 6.29.